The van der Waals surface area contributed by atoms with Crippen molar-refractivity contribution < 1.29 is 8.78 Å². The molecule has 0 aliphatic carbocycles. The minimum atomic E-state index is -0.587. The summed E-state index contributed by atoms with van der Waals surface area (Å²) in [5, 5.41) is 7.29. The van der Waals surface area contributed by atoms with Gasteiger partial charge in [0.15, 0.2) is 0 Å². The Morgan fingerprint density at radius 1 is 1.27 bits per heavy atom. The first kappa shape index (κ1) is 9.76. The van der Waals surface area contributed by atoms with Gasteiger partial charge in [0.05, 0.1) is 12.2 Å². The van der Waals surface area contributed by atoms with E-state index in [1.54, 1.807) is 0 Å². The molecule has 0 saturated heterocycles. The van der Waals surface area contributed by atoms with Crippen LogP contribution in [0, 0.1) is 18.6 Å². The van der Waals surface area contributed by atoms with E-state index in [-0.39, 0.29) is 12.1 Å². The van der Waals surface area contributed by atoms with E-state index >= 15 is 0 Å². The van der Waals surface area contributed by atoms with Gasteiger partial charge in [-0.3, -0.25) is 0 Å². The minimum absolute atomic E-state index is 0.0149. The highest BCUT2D eigenvalue weighted by Gasteiger charge is 2.09. The van der Waals surface area contributed by atoms with Crippen molar-refractivity contribution in [2.24, 2.45) is 0 Å². The normalized spacial score (nSPS) is 10.6. The molecule has 15 heavy (non-hydrogen) atoms. The van der Waals surface area contributed by atoms with Crippen LogP contribution in [0.1, 0.15) is 11.3 Å². The van der Waals surface area contributed by atoms with Crippen molar-refractivity contribution >= 4 is 0 Å². The van der Waals surface area contributed by atoms with Crippen molar-refractivity contribution in [2.75, 3.05) is 0 Å². The molecule has 0 spiro atoms. The third-order valence-corrected chi connectivity index (χ3v) is 1.97. The van der Waals surface area contributed by atoms with Crippen LogP contribution in [-0.2, 0) is 6.54 Å². The predicted octanol–water partition coefficient (Wildman–Crippen LogP) is 1.79. The predicted molar refractivity (Wildman–Crippen MR) is 49.9 cm³/mol. The third kappa shape index (κ3) is 2.01. The molecule has 77 valence electrons. The smallest absolute Gasteiger partial charge is 0.131 e. The van der Waals surface area contributed by atoms with Gasteiger partial charge in [0.1, 0.15) is 11.6 Å². The van der Waals surface area contributed by atoms with E-state index < -0.39 is 11.6 Å². The lowest BCUT2D eigenvalue weighted by molar-refractivity contribution is 0.528. The quantitative estimate of drug-likeness (QED) is 0.753. The molecule has 0 amide bonds. The Hall–Kier alpha value is -1.78. The van der Waals surface area contributed by atoms with Crippen molar-refractivity contribution in [2.45, 2.75) is 6.54 Å². The summed E-state index contributed by atoms with van der Waals surface area (Å²) in [6.45, 7) is 3.56. The molecule has 3 nitrogen and oxygen atoms in total. The Kier molecular flexibility index (Phi) is 2.45. The number of nitrogens with zero attached hydrogens (tertiary/aromatic N) is 3. The lowest BCUT2D eigenvalue weighted by Crippen LogP contribution is -2.05. The van der Waals surface area contributed by atoms with Crippen LogP contribution in [0.2, 0.25) is 0 Å². The van der Waals surface area contributed by atoms with Crippen LogP contribution in [0.25, 0.3) is 0 Å². The maximum absolute atomic E-state index is 13.2. The standard InChI is InChI=1S/C10H8F2N3/c1-7-5-15(14-13-7)6-8-9(11)3-2-4-10(8)12/h2-5H,1,6H2. The summed E-state index contributed by atoms with van der Waals surface area (Å²) in [6, 6.07) is 3.74. The van der Waals surface area contributed by atoms with Gasteiger partial charge >= 0.3 is 0 Å². The lowest BCUT2D eigenvalue weighted by atomic mass is 10.2. The molecule has 1 aromatic carbocycles. The number of hydrogen-bond acceptors (Lipinski definition) is 2. The molecule has 0 N–H and O–H groups in total. The molecule has 0 aliphatic rings. The average Bonchev–Trinajstić information content (AvgIpc) is 2.58. The van der Waals surface area contributed by atoms with Gasteiger partial charge in [-0.05, 0) is 19.1 Å². The second kappa shape index (κ2) is 3.76. The van der Waals surface area contributed by atoms with Crippen molar-refractivity contribution in [3.05, 3.63) is 54.2 Å². The monoisotopic (exact) mass is 208 g/mol. The molecule has 2 rings (SSSR count). The van der Waals surface area contributed by atoms with Crippen LogP contribution in [-0.4, -0.2) is 15.0 Å². The van der Waals surface area contributed by atoms with Crippen molar-refractivity contribution in [1.29, 1.82) is 0 Å². The zero-order chi connectivity index (χ0) is 10.8. The number of hydrogen-bond donors (Lipinski definition) is 0. The zero-order valence-corrected chi connectivity index (χ0v) is 7.82. The number of halogens is 2. The average molecular weight is 208 g/mol. The van der Waals surface area contributed by atoms with Gasteiger partial charge < -0.3 is 0 Å². The Morgan fingerprint density at radius 3 is 2.47 bits per heavy atom. The van der Waals surface area contributed by atoms with E-state index in [0.29, 0.717) is 5.69 Å². The molecular formula is C10H8F2N3. The molecule has 0 fully saturated rings. The molecule has 1 heterocycles. The van der Waals surface area contributed by atoms with Crippen LogP contribution in [0.5, 0.6) is 0 Å². The molecule has 0 atom stereocenters. The number of rotatable bonds is 2. The topological polar surface area (TPSA) is 30.7 Å². The summed E-state index contributed by atoms with van der Waals surface area (Å²) >= 11 is 0. The lowest BCUT2D eigenvalue weighted by Gasteiger charge is -2.03. The van der Waals surface area contributed by atoms with E-state index in [9.17, 15) is 8.78 Å². The maximum Gasteiger partial charge on any atom is 0.131 e. The van der Waals surface area contributed by atoms with Gasteiger partial charge in [-0.1, -0.05) is 11.3 Å². The van der Waals surface area contributed by atoms with Gasteiger partial charge in [0.25, 0.3) is 0 Å². The van der Waals surface area contributed by atoms with Gasteiger partial charge in [-0.25, -0.2) is 13.5 Å². The van der Waals surface area contributed by atoms with E-state index in [1.165, 1.54) is 29.1 Å². The molecule has 1 radical (unpaired) electrons. The molecule has 0 bridgehead atoms. The van der Waals surface area contributed by atoms with Gasteiger partial charge in [0, 0.05) is 11.8 Å². The summed E-state index contributed by atoms with van der Waals surface area (Å²) in [5.41, 5.74) is 0.439. The first-order valence-electron chi connectivity index (χ1n) is 4.32. The van der Waals surface area contributed by atoms with E-state index in [0.717, 1.165) is 0 Å². The van der Waals surface area contributed by atoms with Crippen molar-refractivity contribution in [1.82, 2.24) is 15.0 Å². The second-order valence-corrected chi connectivity index (χ2v) is 3.11. The third-order valence-electron chi connectivity index (χ3n) is 1.97. The fourth-order valence-corrected chi connectivity index (χ4v) is 1.26. The zero-order valence-electron chi connectivity index (χ0n) is 7.82. The second-order valence-electron chi connectivity index (χ2n) is 3.11. The highest BCUT2D eigenvalue weighted by molar-refractivity contribution is 5.19. The molecular weight excluding hydrogens is 200 g/mol. The fraction of sp³-hybridized carbons (Fsp3) is 0.100. The minimum Gasteiger partial charge on any atom is -0.248 e. The Morgan fingerprint density at radius 2 is 1.93 bits per heavy atom. The van der Waals surface area contributed by atoms with E-state index in [1.807, 2.05) is 0 Å². The summed E-state index contributed by atoms with van der Waals surface area (Å²) in [6.07, 6.45) is 1.52. The summed E-state index contributed by atoms with van der Waals surface area (Å²) in [4.78, 5) is 0. The number of aromatic nitrogens is 3. The van der Waals surface area contributed by atoms with Crippen LogP contribution in [0.15, 0.2) is 24.4 Å². The molecule has 5 heteroatoms. The Bertz CT molecular complexity index is 459. The van der Waals surface area contributed by atoms with E-state index in [4.69, 9.17) is 0 Å². The van der Waals surface area contributed by atoms with Crippen LogP contribution in [0.3, 0.4) is 0 Å². The first-order chi connectivity index (χ1) is 7.16. The van der Waals surface area contributed by atoms with E-state index in [2.05, 4.69) is 17.2 Å². The summed E-state index contributed by atoms with van der Waals surface area (Å²) in [5.74, 6) is -1.17. The molecule has 2 aromatic rings. The SMILES string of the molecule is [CH2]c1cn(Cc2c(F)cccc2F)nn1. The van der Waals surface area contributed by atoms with Gasteiger partial charge in [-0.15, -0.1) is 5.10 Å². The van der Waals surface area contributed by atoms with Crippen LogP contribution in [0.4, 0.5) is 8.78 Å². The summed E-state index contributed by atoms with van der Waals surface area (Å²) < 4.78 is 27.8. The van der Waals surface area contributed by atoms with Crippen LogP contribution < -0.4 is 0 Å². The maximum atomic E-state index is 13.2. The molecule has 0 aliphatic heterocycles. The molecule has 1 aromatic heterocycles. The largest absolute Gasteiger partial charge is 0.248 e. The van der Waals surface area contributed by atoms with Gasteiger partial charge in [0.2, 0.25) is 0 Å². The fourth-order valence-electron chi connectivity index (χ4n) is 1.26. The van der Waals surface area contributed by atoms with Crippen molar-refractivity contribution in [3.63, 3.8) is 0 Å². The highest BCUT2D eigenvalue weighted by atomic mass is 19.1. The van der Waals surface area contributed by atoms with Crippen molar-refractivity contribution in [3.8, 4) is 0 Å². The molecule has 0 unspecified atom stereocenters. The summed E-state index contributed by atoms with van der Waals surface area (Å²) in [7, 11) is 0. The van der Waals surface area contributed by atoms with Crippen LogP contribution >= 0.6 is 0 Å². The first-order valence-corrected chi connectivity index (χ1v) is 4.32. The Balaban J connectivity index is 2.31. The highest BCUT2D eigenvalue weighted by Crippen LogP contribution is 2.13. The molecule has 0 saturated carbocycles. The number of benzene rings is 1. The van der Waals surface area contributed by atoms with Gasteiger partial charge in [-0.2, -0.15) is 0 Å². The Labute approximate surface area is 85.3 Å².